The van der Waals surface area contributed by atoms with E-state index in [1.54, 1.807) is 18.1 Å². The van der Waals surface area contributed by atoms with E-state index in [4.69, 9.17) is 9.47 Å². The van der Waals surface area contributed by atoms with Gasteiger partial charge in [-0.2, -0.15) is 0 Å². The highest BCUT2D eigenvalue weighted by Gasteiger charge is 2.16. The highest BCUT2D eigenvalue weighted by atomic mass is 16.5. The Morgan fingerprint density at radius 3 is 2.60 bits per heavy atom. The summed E-state index contributed by atoms with van der Waals surface area (Å²) in [6.45, 7) is 5.34. The number of aromatic amines is 1. The molecule has 30 heavy (non-hydrogen) atoms. The number of fused-ring (bicyclic) bond motifs is 1. The van der Waals surface area contributed by atoms with E-state index < -0.39 is 0 Å². The first-order valence-corrected chi connectivity index (χ1v) is 9.90. The molecule has 0 aliphatic carbocycles. The second kappa shape index (κ2) is 9.93. The summed E-state index contributed by atoms with van der Waals surface area (Å²) in [5.74, 6) is 0.733. The minimum Gasteiger partial charge on any atom is -0.494 e. The lowest BCUT2D eigenvalue weighted by molar-refractivity contribution is 0.152. The Bertz CT molecular complexity index is 1060. The Balaban J connectivity index is 1.84. The molecule has 0 fully saturated rings. The van der Waals surface area contributed by atoms with Gasteiger partial charge < -0.3 is 24.7 Å². The van der Waals surface area contributed by atoms with Gasteiger partial charge in [0.25, 0.3) is 5.56 Å². The number of rotatable bonds is 8. The SMILES string of the molecule is CCOc1ccc2[nH]c(=O)c(CN(CCOC)C(=O)Nc3ccc(C)cc3)cc2c1. The Morgan fingerprint density at radius 1 is 1.13 bits per heavy atom. The van der Waals surface area contributed by atoms with Gasteiger partial charge in [-0.3, -0.25) is 4.79 Å². The maximum atomic E-state index is 12.8. The highest BCUT2D eigenvalue weighted by Crippen LogP contribution is 2.20. The molecule has 1 heterocycles. The molecule has 0 bridgehead atoms. The molecule has 0 atom stereocenters. The number of nitrogens with zero attached hydrogens (tertiary/aromatic N) is 1. The Morgan fingerprint density at radius 2 is 1.90 bits per heavy atom. The second-order valence-corrected chi connectivity index (χ2v) is 7.02. The number of hydrogen-bond acceptors (Lipinski definition) is 4. The van der Waals surface area contributed by atoms with Crippen LogP contribution in [-0.2, 0) is 11.3 Å². The van der Waals surface area contributed by atoms with Crippen LogP contribution in [0.3, 0.4) is 0 Å². The normalized spacial score (nSPS) is 10.8. The van der Waals surface area contributed by atoms with Crippen molar-refractivity contribution >= 4 is 22.6 Å². The van der Waals surface area contributed by atoms with Gasteiger partial charge in [-0.1, -0.05) is 17.7 Å². The van der Waals surface area contributed by atoms with Gasteiger partial charge in [-0.15, -0.1) is 0 Å². The van der Waals surface area contributed by atoms with Crippen LogP contribution in [0.2, 0.25) is 0 Å². The third kappa shape index (κ3) is 5.39. The van der Waals surface area contributed by atoms with E-state index in [1.165, 1.54) is 0 Å². The van der Waals surface area contributed by atoms with Gasteiger partial charge in [-0.05, 0) is 50.2 Å². The number of pyridine rings is 1. The number of aromatic nitrogens is 1. The lowest BCUT2D eigenvalue weighted by Gasteiger charge is -2.23. The molecule has 0 aliphatic rings. The summed E-state index contributed by atoms with van der Waals surface area (Å²) in [5.41, 5.74) is 2.79. The van der Waals surface area contributed by atoms with Crippen LogP contribution in [0.1, 0.15) is 18.1 Å². The van der Waals surface area contributed by atoms with E-state index in [0.717, 1.165) is 22.2 Å². The van der Waals surface area contributed by atoms with Gasteiger partial charge in [0.15, 0.2) is 0 Å². The van der Waals surface area contributed by atoms with Crippen molar-refractivity contribution in [2.75, 3.05) is 32.2 Å². The van der Waals surface area contributed by atoms with E-state index in [9.17, 15) is 9.59 Å². The summed E-state index contributed by atoms with van der Waals surface area (Å²) >= 11 is 0. The number of carbonyl (C=O) groups is 1. The van der Waals surface area contributed by atoms with E-state index >= 15 is 0 Å². The zero-order chi connectivity index (χ0) is 21.5. The number of benzene rings is 2. The average Bonchev–Trinajstić information content (AvgIpc) is 2.73. The zero-order valence-corrected chi connectivity index (χ0v) is 17.5. The first-order valence-electron chi connectivity index (χ1n) is 9.90. The van der Waals surface area contributed by atoms with Crippen molar-refractivity contribution < 1.29 is 14.3 Å². The van der Waals surface area contributed by atoms with Gasteiger partial charge in [-0.25, -0.2) is 4.79 Å². The average molecular weight is 409 g/mol. The standard InChI is InChI=1S/C23H27N3O4/c1-4-30-20-9-10-21-17(14-20)13-18(22(27)25-21)15-26(11-12-29-3)23(28)24-19-7-5-16(2)6-8-19/h5-10,13-14H,4,11-12,15H2,1-3H3,(H,24,28)(H,25,27). The predicted molar refractivity (Wildman–Crippen MR) is 118 cm³/mol. The van der Waals surface area contributed by atoms with Crippen molar-refractivity contribution in [1.82, 2.24) is 9.88 Å². The van der Waals surface area contributed by atoms with Gasteiger partial charge in [0.1, 0.15) is 5.75 Å². The number of carbonyl (C=O) groups excluding carboxylic acids is 1. The van der Waals surface area contributed by atoms with Crippen LogP contribution in [0.5, 0.6) is 5.75 Å². The van der Waals surface area contributed by atoms with Crippen molar-refractivity contribution in [3.63, 3.8) is 0 Å². The van der Waals surface area contributed by atoms with Crippen LogP contribution >= 0.6 is 0 Å². The smallest absolute Gasteiger partial charge is 0.322 e. The molecular weight excluding hydrogens is 382 g/mol. The molecule has 2 N–H and O–H groups in total. The van der Waals surface area contributed by atoms with Crippen LogP contribution in [-0.4, -0.2) is 42.8 Å². The van der Waals surface area contributed by atoms with Crippen LogP contribution in [0.25, 0.3) is 10.9 Å². The van der Waals surface area contributed by atoms with Crippen LogP contribution < -0.4 is 15.6 Å². The van der Waals surface area contributed by atoms with E-state index in [2.05, 4.69) is 10.3 Å². The first-order chi connectivity index (χ1) is 14.5. The van der Waals surface area contributed by atoms with E-state index in [-0.39, 0.29) is 18.1 Å². The molecular formula is C23H27N3O4. The summed E-state index contributed by atoms with van der Waals surface area (Å²) in [6, 6.07) is 14.6. The van der Waals surface area contributed by atoms with Gasteiger partial charge >= 0.3 is 6.03 Å². The number of urea groups is 1. The molecule has 0 aliphatic heterocycles. The predicted octanol–water partition coefficient (Wildman–Crippen LogP) is 3.92. The monoisotopic (exact) mass is 409 g/mol. The first kappa shape index (κ1) is 21.4. The Labute approximate surface area is 175 Å². The number of methoxy groups -OCH3 is 1. The number of amides is 2. The number of H-pyrrole nitrogens is 1. The van der Waals surface area contributed by atoms with Crippen molar-refractivity contribution in [2.45, 2.75) is 20.4 Å². The molecule has 0 radical (unpaired) electrons. The fourth-order valence-corrected chi connectivity index (χ4v) is 3.10. The Kier molecular flexibility index (Phi) is 7.08. The maximum Gasteiger partial charge on any atom is 0.322 e. The fourth-order valence-electron chi connectivity index (χ4n) is 3.10. The third-order valence-electron chi connectivity index (χ3n) is 4.72. The molecule has 158 valence electrons. The van der Waals surface area contributed by atoms with Gasteiger partial charge in [0.2, 0.25) is 0 Å². The molecule has 0 saturated heterocycles. The van der Waals surface area contributed by atoms with Gasteiger partial charge in [0.05, 0.1) is 19.8 Å². The lowest BCUT2D eigenvalue weighted by atomic mass is 10.1. The van der Waals surface area contributed by atoms with Gasteiger partial charge in [0, 0.05) is 35.8 Å². The number of nitrogens with one attached hydrogen (secondary N) is 2. The number of ether oxygens (including phenoxy) is 2. The summed E-state index contributed by atoms with van der Waals surface area (Å²) < 4.78 is 10.7. The topological polar surface area (TPSA) is 83.7 Å². The third-order valence-corrected chi connectivity index (χ3v) is 4.72. The number of hydrogen-bond donors (Lipinski definition) is 2. The summed E-state index contributed by atoms with van der Waals surface area (Å²) in [4.78, 5) is 29.9. The molecule has 1 aromatic heterocycles. The fraction of sp³-hybridized carbons (Fsp3) is 0.304. The van der Waals surface area contributed by atoms with Crippen LogP contribution in [0.4, 0.5) is 10.5 Å². The molecule has 7 heteroatoms. The molecule has 2 aromatic carbocycles. The minimum absolute atomic E-state index is 0.158. The van der Waals surface area contributed by atoms with Crippen molar-refractivity contribution in [1.29, 1.82) is 0 Å². The summed E-state index contributed by atoms with van der Waals surface area (Å²) in [6.07, 6.45) is 0. The molecule has 0 unspecified atom stereocenters. The van der Waals surface area contributed by atoms with Crippen LogP contribution in [0.15, 0.2) is 53.3 Å². The minimum atomic E-state index is -0.293. The second-order valence-electron chi connectivity index (χ2n) is 7.02. The van der Waals surface area contributed by atoms with Crippen molar-refractivity contribution in [3.05, 3.63) is 70.0 Å². The summed E-state index contributed by atoms with van der Waals surface area (Å²) in [5, 5.41) is 3.73. The Hall–Kier alpha value is -3.32. The quantitative estimate of drug-likeness (QED) is 0.591. The molecule has 3 aromatic rings. The van der Waals surface area contributed by atoms with Crippen LogP contribution in [0, 0.1) is 6.92 Å². The molecule has 0 saturated carbocycles. The van der Waals surface area contributed by atoms with E-state index in [1.807, 2.05) is 56.3 Å². The van der Waals surface area contributed by atoms with Crippen molar-refractivity contribution in [3.8, 4) is 5.75 Å². The number of aryl methyl sites for hydroxylation is 1. The number of anilines is 1. The largest absolute Gasteiger partial charge is 0.494 e. The lowest BCUT2D eigenvalue weighted by Crippen LogP contribution is -2.38. The summed E-state index contributed by atoms with van der Waals surface area (Å²) in [7, 11) is 1.58. The van der Waals surface area contributed by atoms with Crippen molar-refractivity contribution in [2.24, 2.45) is 0 Å². The molecule has 2 amide bonds. The maximum absolute atomic E-state index is 12.8. The molecule has 7 nitrogen and oxygen atoms in total. The molecule has 0 spiro atoms. The van der Waals surface area contributed by atoms with E-state index in [0.29, 0.717) is 31.0 Å². The molecule has 3 rings (SSSR count). The highest BCUT2D eigenvalue weighted by molar-refractivity contribution is 5.89. The zero-order valence-electron chi connectivity index (χ0n) is 17.5.